The van der Waals surface area contributed by atoms with Crippen LogP contribution >= 0.6 is 0 Å². The van der Waals surface area contributed by atoms with E-state index in [0.29, 0.717) is 19.4 Å². The number of amides is 1. The molecule has 1 amide bonds. The van der Waals surface area contributed by atoms with E-state index in [0.717, 1.165) is 0 Å². The highest BCUT2D eigenvalue weighted by molar-refractivity contribution is 5.85. The van der Waals surface area contributed by atoms with Crippen LogP contribution in [0.5, 0.6) is 0 Å². The Hall–Kier alpha value is -1.83. The minimum absolute atomic E-state index is 0.117. The summed E-state index contributed by atoms with van der Waals surface area (Å²) in [4.78, 5) is 22.1. The quantitative estimate of drug-likeness (QED) is 0.150. The number of esters is 1. The smallest absolute Gasteiger partial charge is 0.325 e. The van der Waals surface area contributed by atoms with Crippen LogP contribution in [-0.4, -0.2) is 44.1 Å². The van der Waals surface area contributed by atoms with Gasteiger partial charge in [-0.1, -0.05) is 0 Å². The Labute approximate surface area is 99.6 Å². The number of ether oxygens (including phenoxy) is 1. The maximum absolute atomic E-state index is 11.4. The molecule has 8 nitrogen and oxygen atoms in total. The van der Waals surface area contributed by atoms with Crippen LogP contribution in [-0.2, 0) is 14.3 Å². The second-order valence-electron chi connectivity index (χ2n) is 3.38. The molecule has 98 valence electrons. The fourth-order valence-electron chi connectivity index (χ4n) is 1.04. The lowest BCUT2D eigenvalue weighted by Crippen LogP contribution is -2.43. The van der Waals surface area contributed by atoms with Crippen LogP contribution in [0.25, 0.3) is 0 Å². The molecule has 0 heterocycles. The first-order chi connectivity index (χ1) is 7.97. The van der Waals surface area contributed by atoms with Gasteiger partial charge in [-0.15, -0.1) is 0 Å². The summed E-state index contributed by atoms with van der Waals surface area (Å²) in [5, 5.41) is 11.9. The van der Waals surface area contributed by atoms with E-state index in [4.69, 9.17) is 16.9 Å². The van der Waals surface area contributed by atoms with Gasteiger partial charge in [-0.2, -0.15) is 0 Å². The number of guanidine groups is 1. The Morgan fingerprint density at radius 2 is 2.06 bits per heavy atom. The molecular weight excluding hydrogens is 226 g/mol. The van der Waals surface area contributed by atoms with Crippen molar-refractivity contribution in [2.24, 2.45) is 11.5 Å². The number of nitrogens with one attached hydrogen (secondary N) is 3. The average Bonchev–Trinajstić information content (AvgIpc) is 2.30. The lowest BCUT2D eigenvalue weighted by Gasteiger charge is -2.11. The predicted octanol–water partition coefficient (Wildman–Crippen LogP) is -2.13. The van der Waals surface area contributed by atoms with Gasteiger partial charge in [-0.05, 0) is 12.8 Å². The van der Waals surface area contributed by atoms with Crippen LogP contribution in [0.15, 0.2) is 0 Å². The van der Waals surface area contributed by atoms with Crippen molar-refractivity contribution < 1.29 is 14.3 Å². The fourth-order valence-corrected chi connectivity index (χ4v) is 1.04. The lowest BCUT2D eigenvalue weighted by atomic mass is 10.1. The summed E-state index contributed by atoms with van der Waals surface area (Å²) in [6.45, 7) is 0.294. The monoisotopic (exact) mass is 245 g/mol. The molecule has 1 unspecified atom stereocenters. The maximum atomic E-state index is 11.4. The van der Waals surface area contributed by atoms with Gasteiger partial charge in [-0.25, -0.2) is 0 Å². The van der Waals surface area contributed by atoms with Crippen LogP contribution in [0.2, 0.25) is 0 Å². The van der Waals surface area contributed by atoms with Gasteiger partial charge >= 0.3 is 5.97 Å². The minimum Gasteiger partial charge on any atom is -0.468 e. The van der Waals surface area contributed by atoms with E-state index in [1.165, 1.54) is 7.11 Å². The van der Waals surface area contributed by atoms with Crippen LogP contribution < -0.4 is 22.1 Å². The number of methoxy groups -OCH3 is 1. The van der Waals surface area contributed by atoms with Crippen molar-refractivity contribution in [1.82, 2.24) is 10.6 Å². The van der Waals surface area contributed by atoms with Crippen molar-refractivity contribution in [2.45, 2.75) is 18.9 Å². The first-order valence-corrected chi connectivity index (χ1v) is 5.15. The molecule has 7 N–H and O–H groups in total. The van der Waals surface area contributed by atoms with Crippen molar-refractivity contribution in [3.63, 3.8) is 0 Å². The van der Waals surface area contributed by atoms with Crippen LogP contribution in [0.4, 0.5) is 0 Å². The van der Waals surface area contributed by atoms with Gasteiger partial charge in [0.1, 0.15) is 6.54 Å². The zero-order chi connectivity index (χ0) is 13.3. The predicted molar refractivity (Wildman–Crippen MR) is 62.2 cm³/mol. The van der Waals surface area contributed by atoms with Gasteiger partial charge in [0, 0.05) is 6.54 Å². The standard InChI is InChI=1S/C9H19N5O3/c1-17-7(15)5-14-8(16)6(10)3-2-4-13-9(11)12/h6H,2-5,10H2,1H3,(H,14,16)(H4,11,12,13). The van der Waals surface area contributed by atoms with Gasteiger partial charge in [0.2, 0.25) is 5.91 Å². The number of carbonyl (C=O) groups excluding carboxylic acids is 2. The zero-order valence-corrected chi connectivity index (χ0v) is 9.79. The van der Waals surface area contributed by atoms with Gasteiger partial charge < -0.3 is 26.8 Å². The first-order valence-electron chi connectivity index (χ1n) is 5.15. The Balaban J connectivity index is 3.67. The molecular formula is C9H19N5O3. The largest absolute Gasteiger partial charge is 0.468 e. The summed E-state index contributed by atoms with van der Waals surface area (Å²) in [6, 6.07) is -0.687. The van der Waals surface area contributed by atoms with E-state index in [1.807, 2.05) is 0 Å². The molecule has 0 aliphatic rings. The second-order valence-corrected chi connectivity index (χ2v) is 3.38. The summed E-state index contributed by atoms with van der Waals surface area (Å²) in [7, 11) is 1.24. The number of rotatable bonds is 7. The summed E-state index contributed by atoms with van der Waals surface area (Å²) < 4.78 is 4.36. The third-order valence-corrected chi connectivity index (χ3v) is 1.98. The van der Waals surface area contributed by atoms with E-state index in [-0.39, 0.29) is 12.5 Å². The molecule has 0 aromatic rings. The van der Waals surface area contributed by atoms with Crippen molar-refractivity contribution in [2.75, 3.05) is 20.2 Å². The summed E-state index contributed by atoms with van der Waals surface area (Å²) >= 11 is 0. The van der Waals surface area contributed by atoms with Crippen molar-refractivity contribution in [3.8, 4) is 0 Å². The van der Waals surface area contributed by atoms with E-state index >= 15 is 0 Å². The molecule has 0 saturated carbocycles. The van der Waals surface area contributed by atoms with Crippen LogP contribution in [0.1, 0.15) is 12.8 Å². The van der Waals surface area contributed by atoms with Crippen molar-refractivity contribution >= 4 is 17.8 Å². The lowest BCUT2D eigenvalue weighted by molar-refractivity contribution is -0.141. The SMILES string of the molecule is COC(=O)CNC(=O)C(N)CCCNC(=N)N. The molecule has 0 aliphatic carbocycles. The van der Waals surface area contributed by atoms with E-state index in [2.05, 4.69) is 15.4 Å². The number of hydrogen-bond acceptors (Lipinski definition) is 5. The molecule has 0 bridgehead atoms. The Morgan fingerprint density at radius 1 is 1.41 bits per heavy atom. The molecule has 0 rings (SSSR count). The number of hydrogen-bond donors (Lipinski definition) is 5. The molecule has 0 aromatic heterocycles. The summed E-state index contributed by atoms with van der Waals surface area (Å²) in [5.74, 6) is -1.05. The van der Waals surface area contributed by atoms with E-state index in [9.17, 15) is 9.59 Å². The van der Waals surface area contributed by atoms with Gasteiger partial charge in [0.05, 0.1) is 13.2 Å². The molecule has 8 heteroatoms. The molecule has 0 saturated heterocycles. The third-order valence-electron chi connectivity index (χ3n) is 1.98. The minimum atomic E-state index is -0.687. The highest BCUT2D eigenvalue weighted by atomic mass is 16.5. The fraction of sp³-hybridized carbons (Fsp3) is 0.667. The number of carbonyl (C=O) groups is 2. The third kappa shape index (κ3) is 8.03. The Bertz CT molecular complexity index is 282. The zero-order valence-electron chi connectivity index (χ0n) is 9.79. The Morgan fingerprint density at radius 3 is 2.59 bits per heavy atom. The highest BCUT2D eigenvalue weighted by Crippen LogP contribution is 1.93. The van der Waals surface area contributed by atoms with E-state index in [1.54, 1.807) is 0 Å². The van der Waals surface area contributed by atoms with E-state index < -0.39 is 17.9 Å². The second kappa shape index (κ2) is 8.34. The van der Waals surface area contributed by atoms with Gasteiger partial charge in [0.25, 0.3) is 0 Å². The molecule has 0 spiro atoms. The molecule has 0 aliphatic heterocycles. The number of nitrogens with two attached hydrogens (primary N) is 2. The summed E-state index contributed by atoms with van der Waals surface area (Å²) in [6.07, 6.45) is 1.04. The molecule has 0 radical (unpaired) electrons. The van der Waals surface area contributed by atoms with Crippen LogP contribution in [0.3, 0.4) is 0 Å². The topological polar surface area (TPSA) is 143 Å². The summed E-state index contributed by atoms with van der Waals surface area (Å²) in [5.41, 5.74) is 10.7. The normalized spacial score (nSPS) is 11.4. The van der Waals surface area contributed by atoms with Crippen LogP contribution in [0, 0.1) is 5.41 Å². The van der Waals surface area contributed by atoms with Crippen molar-refractivity contribution in [3.05, 3.63) is 0 Å². The highest BCUT2D eigenvalue weighted by Gasteiger charge is 2.13. The maximum Gasteiger partial charge on any atom is 0.325 e. The molecule has 17 heavy (non-hydrogen) atoms. The average molecular weight is 245 g/mol. The van der Waals surface area contributed by atoms with Gasteiger partial charge in [0.15, 0.2) is 5.96 Å². The molecule has 0 aromatic carbocycles. The van der Waals surface area contributed by atoms with Crippen molar-refractivity contribution in [1.29, 1.82) is 5.41 Å². The molecule has 1 atom stereocenters. The van der Waals surface area contributed by atoms with Gasteiger partial charge in [-0.3, -0.25) is 15.0 Å². The molecule has 0 fully saturated rings. The first kappa shape index (κ1) is 15.2. The Kier molecular flexibility index (Phi) is 7.44.